The zero-order chi connectivity index (χ0) is 15.0. The molecule has 1 heterocycles. The molecule has 0 aromatic carbocycles. The van der Waals surface area contributed by atoms with Crippen molar-refractivity contribution in [2.45, 2.75) is 25.7 Å². The molecule has 1 fully saturated rings. The second-order valence-electron chi connectivity index (χ2n) is 6.02. The van der Waals surface area contributed by atoms with Crippen LogP contribution in [0.5, 0.6) is 0 Å². The maximum Gasteiger partial charge on any atom is 0.223 e. The molecule has 1 rings (SSSR count). The first kappa shape index (κ1) is 16.9. The maximum absolute atomic E-state index is 11.9. The minimum Gasteiger partial charge on any atom is -0.345 e. The van der Waals surface area contributed by atoms with Crippen molar-refractivity contribution >= 4 is 5.91 Å². The van der Waals surface area contributed by atoms with Gasteiger partial charge < -0.3 is 14.7 Å². The third-order valence-electron chi connectivity index (χ3n) is 3.96. The summed E-state index contributed by atoms with van der Waals surface area (Å²) in [6, 6.07) is 2.07. The van der Waals surface area contributed by atoms with Crippen LogP contribution in [-0.2, 0) is 4.79 Å². The molecule has 0 unspecified atom stereocenters. The normalized spacial score (nSPS) is 17.1. The van der Waals surface area contributed by atoms with Gasteiger partial charge in [0.1, 0.15) is 0 Å². The molecule has 5 nitrogen and oxygen atoms in total. The summed E-state index contributed by atoms with van der Waals surface area (Å²) in [6.45, 7) is 4.77. The first-order valence-corrected chi connectivity index (χ1v) is 7.51. The number of nitriles is 1. The zero-order valence-corrected chi connectivity index (χ0v) is 13.1. The van der Waals surface area contributed by atoms with E-state index in [4.69, 9.17) is 5.26 Å². The van der Waals surface area contributed by atoms with Gasteiger partial charge >= 0.3 is 0 Å². The summed E-state index contributed by atoms with van der Waals surface area (Å²) in [4.78, 5) is 18.2. The van der Waals surface area contributed by atoms with Gasteiger partial charge in [-0.2, -0.15) is 5.26 Å². The summed E-state index contributed by atoms with van der Waals surface area (Å²) in [5, 5.41) is 8.52. The van der Waals surface area contributed by atoms with Gasteiger partial charge in [-0.25, -0.2) is 0 Å². The lowest BCUT2D eigenvalue weighted by atomic mass is 9.96. The molecule has 20 heavy (non-hydrogen) atoms. The van der Waals surface area contributed by atoms with Crippen molar-refractivity contribution in [2.24, 2.45) is 5.92 Å². The Morgan fingerprint density at radius 2 is 1.95 bits per heavy atom. The molecular formula is C15H28N4O. The topological polar surface area (TPSA) is 50.6 Å². The first-order valence-electron chi connectivity index (χ1n) is 7.51. The van der Waals surface area contributed by atoms with Crippen LogP contribution < -0.4 is 0 Å². The monoisotopic (exact) mass is 280 g/mol. The van der Waals surface area contributed by atoms with Gasteiger partial charge in [-0.15, -0.1) is 0 Å². The van der Waals surface area contributed by atoms with Crippen LogP contribution in [-0.4, -0.2) is 74.5 Å². The second kappa shape index (κ2) is 8.93. The number of hydrogen-bond acceptors (Lipinski definition) is 4. The van der Waals surface area contributed by atoms with Crippen molar-refractivity contribution in [3.05, 3.63) is 0 Å². The Balaban J connectivity index is 2.18. The molecule has 0 aromatic rings. The first-order chi connectivity index (χ1) is 9.52. The quantitative estimate of drug-likeness (QED) is 0.699. The highest BCUT2D eigenvalue weighted by Gasteiger charge is 2.20. The van der Waals surface area contributed by atoms with Gasteiger partial charge in [-0.1, -0.05) is 0 Å². The molecule has 1 aliphatic rings. The van der Waals surface area contributed by atoms with Crippen LogP contribution in [0.15, 0.2) is 0 Å². The molecule has 0 atom stereocenters. The van der Waals surface area contributed by atoms with E-state index in [1.807, 2.05) is 0 Å². The number of likely N-dealkylation sites (tertiary alicyclic amines) is 1. The van der Waals surface area contributed by atoms with Crippen LogP contribution in [0, 0.1) is 17.2 Å². The molecule has 0 aromatic heterocycles. The van der Waals surface area contributed by atoms with Gasteiger partial charge in [0.2, 0.25) is 5.91 Å². The van der Waals surface area contributed by atoms with Gasteiger partial charge in [0.15, 0.2) is 0 Å². The lowest BCUT2D eigenvalue weighted by molar-refractivity contribution is -0.130. The molecule has 0 bridgehead atoms. The van der Waals surface area contributed by atoms with Gasteiger partial charge in [-0.05, 0) is 45.9 Å². The Morgan fingerprint density at radius 1 is 1.30 bits per heavy atom. The van der Waals surface area contributed by atoms with E-state index in [-0.39, 0.29) is 5.91 Å². The van der Waals surface area contributed by atoms with Gasteiger partial charge in [0.05, 0.1) is 12.5 Å². The molecule has 114 valence electrons. The number of carbonyl (C=O) groups excluding carboxylic acids is 1. The van der Waals surface area contributed by atoms with E-state index >= 15 is 0 Å². The predicted molar refractivity (Wildman–Crippen MR) is 80.2 cm³/mol. The van der Waals surface area contributed by atoms with E-state index in [0.717, 1.165) is 25.6 Å². The molecule has 0 radical (unpaired) electrons. The summed E-state index contributed by atoms with van der Waals surface area (Å²) >= 11 is 0. The number of hydrogen-bond donors (Lipinski definition) is 0. The fourth-order valence-corrected chi connectivity index (χ4v) is 2.70. The van der Waals surface area contributed by atoms with Crippen molar-refractivity contribution in [3.8, 4) is 6.07 Å². The van der Waals surface area contributed by atoms with E-state index < -0.39 is 0 Å². The van der Waals surface area contributed by atoms with Crippen molar-refractivity contribution in [1.82, 2.24) is 14.7 Å². The Kier molecular flexibility index (Phi) is 7.56. The number of nitrogens with zero attached hydrogens (tertiary/aromatic N) is 4. The fourth-order valence-electron chi connectivity index (χ4n) is 2.70. The number of carbonyl (C=O) groups is 1. The largest absolute Gasteiger partial charge is 0.345 e. The summed E-state index contributed by atoms with van der Waals surface area (Å²) in [7, 11) is 6.03. The van der Waals surface area contributed by atoms with Crippen molar-refractivity contribution in [1.29, 1.82) is 5.26 Å². The average molecular weight is 280 g/mol. The molecule has 5 heteroatoms. The molecule has 1 saturated heterocycles. The molecular weight excluding hydrogens is 252 g/mol. The second-order valence-corrected chi connectivity index (χ2v) is 6.02. The highest BCUT2D eigenvalue weighted by molar-refractivity contribution is 5.76. The number of rotatable bonds is 7. The smallest absolute Gasteiger partial charge is 0.223 e. The van der Waals surface area contributed by atoms with Crippen molar-refractivity contribution in [2.75, 3.05) is 53.9 Å². The van der Waals surface area contributed by atoms with Crippen molar-refractivity contribution < 1.29 is 4.79 Å². The highest BCUT2D eigenvalue weighted by Crippen LogP contribution is 2.17. The molecule has 1 aliphatic heterocycles. The lowest BCUT2D eigenvalue weighted by Crippen LogP contribution is -2.39. The Morgan fingerprint density at radius 3 is 2.50 bits per heavy atom. The minimum atomic E-state index is 0.149. The SMILES string of the molecule is CN(C)CC1CCN(CCC(=O)N(C)CCC#N)CC1. The van der Waals surface area contributed by atoms with E-state index in [1.54, 1.807) is 11.9 Å². The van der Waals surface area contributed by atoms with Crippen LogP contribution in [0.3, 0.4) is 0 Å². The average Bonchev–Trinajstić information content (AvgIpc) is 2.43. The van der Waals surface area contributed by atoms with Crippen molar-refractivity contribution in [3.63, 3.8) is 0 Å². The number of amides is 1. The van der Waals surface area contributed by atoms with Crippen LogP contribution in [0.2, 0.25) is 0 Å². The summed E-state index contributed by atoms with van der Waals surface area (Å²) in [5.74, 6) is 0.950. The standard InChI is InChI=1S/C15H28N4O/c1-17(2)13-14-5-10-19(11-6-14)12-7-15(20)18(3)9-4-8-16/h14H,4-7,9-13H2,1-3H3. The van der Waals surface area contributed by atoms with Crippen LogP contribution >= 0.6 is 0 Å². The molecule has 1 amide bonds. The molecule has 0 spiro atoms. The number of piperidine rings is 1. The third-order valence-corrected chi connectivity index (χ3v) is 3.96. The summed E-state index contributed by atoms with van der Waals surface area (Å²) in [5.41, 5.74) is 0. The van der Waals surface area contributed by atoms with E-state index in [2.05, 4.69) is 30.0 Å². The van der Waals surface area contributed by atoms with E-state index in [0.29, 0.717) is 19.4 Å². The summed E-state index contributed by atoms with van der Waals surface area (Å²) < 4.78 is 0. The van der Waals surface area contributed by atoms with Gasteiger partial charge in [0, 0.05) is 33.1 Å². The van der Waals surface area contributed by atoms with E-state index in [9.17, 15) is 4.79 Å². The van der Waals surface area contributed by atoms with Crippen LogP contribution in [0.4, 0.5) is 0 Å². The van der Waals surface area contributed by atoms with Crippen LogP contribution in [0.25, 0.3) is 0 Å². The Bertz CT molecular complexity index is 329. The Labute approximate surface area is 123 Å². The Hall–Kier alpha value is -1.12. The molecule has 0 saturated carbocycles. The molecule has 0 aliphatic carbocycles. The lowest BCUT2D eigenvalue weighted by Gasteiger charge is -2.33. The molecule has 0 N–H and O–H groups in total. The van der Waals surface area contributed by atoms with Gasteiger partial charge in [-0.3, -0.25) is 4.79 Å². The third kappa shape index (κ3) is 6.36. The zero-order valence-electron chi connectivity index (χ0n) is 13.1. The van der Waals surface area contributed by atoms with Crippen LogP contribution in [0.1, 0.15) is 25.7 Å². The minimum absolute atomic E-state index is 0.149. The highest BCUT2D eigenvalue weighted by atomic mass is 16.2. The maximum atomic E-state index is 11.9. The predicted octanol–water partition coefficient (Wildman–Crippen LogP) is 1.02. The van der Waals surface area contributed by atoms with E-state index in [1.165, 1.54) is 19.4 Å². The fraction of sp³-hybridized carbons (Fsp3) is 0.867. The van der Waals surface area contributed by atoms with Gasteiger partial charge in [0.25, 0.3) is 0 Å². The summed E-state index contributed by atoms with van der Waals surface area (Å²) in [6.07, 6.45) is 3.45.